The molecule has 0 aliphatic rings. The second kappa shape index (κ2) is 13.5. The first-order valence-corrected chi connectivity index (χ1v) is 10.8. The summed E-state index contributed by atoms with van der Waals surface area (Å²) in [5, 5.41) is 9.34. The van der Waals surface area contributed by atoms with Gasteiger partial charge in [-0.05, 0) is 61.4 Å². The van der Waals surface area contributed by atoms with Crippen molar-refractivity contribution in [1.29, 1.82) is 0 Å². The zero-order chi connectivity index (χ0) is 20.4. The Morgan fingerprint density at radius 2 is 1.93 bits per heavy atom. The van der Waals surface area contributed by atoms with Crippen LogP contribution in [-0.4, -0.2) is 38.3 Å². The molecule has 0 aromatic heterocycles. The summed E-state index contributed by atoms with van der Waals surface area (Å²) in [6, 6.07) is 14.2. The van der Waals surface area contributed by atoms with Crippen LogP contribution in [0.4, 0.5) is 0 Å². The van der Waals surface area contributed by atoms with E-state index >= 15 is 0 Å². The number of nitrogens with zero attached hydrogens (tertiary/aromatic N) is 1. The molecule has 29 heavy (non-hydrogen) atoms. The van der Waals surface area contributed by atoms with Crippen molar-refractivity contribution in [3.05, 3.63) is 64.7 Å². The molecule has 158 valence electrons. The van der Waals surface area contributed by atoms with Crippen molar-refractivity contribution in [2.24, 2.45) is 4.99 Å². The van der Waals surface area contributed by atoms with Gasteiger partial charge in [0.25, 0.3) is 5.91 Å². The van der Waals surface area contributed by atoms with E-state index in [1.54, 1.807) is 18.8 Å². The van der Waals surface area contributed by atoms with Gasteiger partial charge in [-0.25, -0.2) is 4.99 Å². The summed E-state index contributed by atoms with van der Waals surface area (Å²) in [6.07, 6.45) is 2.91. The number of rotatable bonds is 8. The molecular formula is C22H31IN4OS. The lowest BCUT2D eigenvalue weighted by molar-refractivity contribution is 0.0963. The quantitative estimate of drug-likeness (QED) is 0.211. The average Bonchev–Trinajstić information content (AvgIpc) is 2.72. The number of hydrogen-bond donors (Lipinski definition) is 3. The highest BCUT2D eigenvalue weighted by Gasteiger charge is 2.05. The predicted octanol–water partition coefficient (Wildman–Crippen LogP) is 3.99. The smallest absolute Gasteiger partial charge is 0.251 e. The normalized spacial score (nSPS) is 10.8. The summed E-state index contributed by atoms with van der Waals surface area (Å²) >= 11 is 1.75. The van der Waals surface area contributed by atoms with E-state index in [1.807, 2.05) is 24.3 Å². The number of benzene rings is 2. The number of aryl methyl sites for hydroxylation is 1. The summed E-state index contributed by atoms with van der Waals surface area (Å²) in [7, 11) is 1.65. The van der Waals surface area contributed by atoms with Crippen LogP contribution in [0.15, 0.2) is 52.4 Å². The lowest BCUT2D eigenvalue weighted by Crippen LogP contribution is -2.38. The first kappa shape index (κ1) is 25.3. The number of hydrogen-bond acceptors (Lipinski definition) is 3. The van der Waals surface area contributed by atoms with Gasteiger partial charge in [0.15, 0.2) is 5.96 Å². The van der Waals surface area contributed by atoms with Crippen molar-refractivity contribution >= 4 is 47.6 Å². The van der Waals surface area contributed by atoms with E-state index in [2.05, 4.69) is 54.3 Å². The molecule has 1 amide bonds. The molecule has 0 bridgehead atoms. The maximum Gasteiger partial charge on any atom is 0.251 e. The van der Waals surface area contributed by atoms with Gasteiger partial charge >= 0.3 is 0 Å². The van der Waals surface area contributed by atoms with Crippen molar-refractivity contribution in [2.45, 2.75) is 31.7 Å². The molecule has 0 aliphatic carbocycles. The van der Waals surface area contributed by atoms with Crippen LogP contribution in [-0.2, 0) is 13.0 Å². The van der Waals surface area contributed by atoms with E-state index in [0.717, 1.165) is 31.0 Å². The van der Waals surface area contributed by atoms with Crippen molar-refractivity contribution in [3.8, 4) is 0 Å². The zero-order valence-electron chi connectivity index (χ0n) is 17.5. The number of guanidine groups is 1. The van der Waals surface area contributed by atoms with Gasteiger partial charge in [-0.2, -0.15) is 0 Å². The topological polar surface area (TPSA) is 65.5 Å². The van der Waals surface area contributed by atoms with Gasteiger partial charge in [0.2, 0.25) is 0 Å². The number of amides is 1. The molecule has 5 nitrogen and oxygen atoms in total. The molecule has 0 atom stereocenters. The molecule has 0 radical (unpaired) electrons. The highest BCUT2D eigenvalue weighted by atomic mass is 127. The minimum atomic E-state index is -0.0626. The van der Waals surface area contributed by atoms with Gasteiger partial charge < -0.3 is 16.0 Å². The van der Waals surface area contributed by atoms with Crippen LogP contribution < -0.4 is 16.0 Å². The lowest BCUT2D eigenvalue weighted by Gasteiger charge is -2.13. The molecular weight excluding hydrogens is 495 g/mol. The Bertz CT molecular complexity index is 826. The summed E-state index contributed by atoms with van der Waals surface area (Å²) in [4.78, 5) is 17.8. The van der Waals surface area contributed by atoms with E-state index in [1.165, 1.54) is 16.0 Å². The van der Waals surface area contributed by atoms with Gasteiger partial charge in [0.05, 0.1) is 6.54 Å². The van der Waals surface area contributed by atoms with Crippen LogP contribution in [0.1, 0.15) is 34.0 Å². The lowest BCUT2D eigenvalue weighted by atomic mass is 10.1. The Hall–Kier alpha value is -1.74. The van der Waals surface area contributed by atoms with Crippen molar-refractivity contribution < 1.29 is 4.79 Å². The van der Waals surface area contributed by atoms with Crippen LogP contribution in [0, 0.1) is 6.92 Å². The minimum Gasteiger partial charge on any atom is -0.357 e. The fourth-order valence-electron chi connectivity index (χ4n) is 2.83. The summed E-state index contributed by atoms with van der Waals surface area (Å²) in [5.41, 5.74) is 4.30. The first-order chi connectivity index (χ1) is 13.6. The second-order valence-corrected chi connectivity index (χ2v) is 7.31. The Labute approximate surface area is 195 Å². The summed E-state index contributed by atoms with van der Waals surface area (Å²) in [6.45, 7) is 6.35. The van der Waals surface area contributed by atoms with E-state index < -0.39 is 0 Å². The molecule has 2 aromatic carbocycles. The Morgan fingerprint density at radius 1 is 1.14 bits per heavy atom. The molecule has 0 aliphatic heterocycles. The Morgan fingerprint density at radius 3 is 2.62 bits per heavy atom. The highest BCUT2D eigenvalue weighted by molar-refractivity contribution is 14.0. The number of carbonyl (C=O) groups excluding carboxylic acids is 1. The molecule has 3 N–H and O–H groups in total. The molecule has 2 aromatic rings. The monoisotopic (exact) mass is 526 g/mol. The zero-order valence-corrected chi connectivity index (χ0v) is 20.7. The number of nitrogens with one attached hydrogen (secondary N) is 3. The second-order valence-electron chi connectivity index (χ2n) is 6.47. The van der Waals surface area contributed by atoms with E-state index in [9.17, 15) is 4.79 Å². The van der Waals surface area contributed by atoms with Crippen molar-refractivity contribution in [3.63, 3.8) is 0 Å². The number of carbonyl (C=O) groups is 1. The minimum absolute atomic E-state index is 0. The molecule has 0 saturated heterocycles. The maximum absolute atomic E-state index is 11.8. The van der Waals surface area contributed by atoms with Crippen LogP contribution in [0.2, 0.25) is 0 Å². The SMILES string of the molecule is CCNC(=NCc1ccc(C)cc1SC)NCCc1cccc(C(=O)NC)c1.I. The van der Waals surface area contributed by atoms with Gasteiger partial charge in [-0.3, -0.25) is 4.79 Å². The van der Waals surface area contributed by atoms with Gasteiger partial charge in [-0.15, -0.1) is 35.7 Å². The fraction of sp³-hybridized carbons (Fsp3) is 0.364. The standard InChI is InChI=1S/C22H30N4OS.HI/c1-5-24-22(26-15-19-10-9-16(2)13-20(19)28-4)25-12-11-17-7-6-8-18(14-17)21(27)23-3;/h6-10,13-14H,5,11-12,15H2,1-4H3,(H,23,27)(H2,24,25,26);1H. The molecule has 0 saturated carbocycles. The summed E-state index contributed by atoms with van der Waals surface area (Å²) in [5.74, 6) is 0.741. The fourth-order valence-corrected chi connectivity index (χ4v) is 3.52. The molecule has 0 spiro atoms. The van der Waals surface area contributed by atoms with E-state index in [-0.39, 0.29) is 29.9 Å². The molecule has 0 unspecified atom stereocenters. The third kappa shape index (κ3) is 8.26. The number of aliphatic imine (C=N–C) groups is 1. The van der Waals surface area contributed by atoms with Crippen molar-refractivity contribution in [2.75, 3.05) is 26.4 Å². The van der Waals surface area contributed by atoms with Crippen molar-refractivity contribution in [1.82, 2.24) is 16.0 Å². The third-order valence-electron chi connectivity index (χ3n) is 4.32. The third-order valence-corrected chi connectivity index (χ3v) is 5.14. The summed E-state index contributed by atoms with van der Waals surface area (Å²) < 4.78 is 0. The van der Waals surface area contributed by atoms with Gasteiger partial charge in [0.1, 0.15) is 0 Å². The highest BCUT2D eigenvalue weighted by Crippen LogP contribution is 2.22. The first-order valence-electron chi connectivity index (χ1n) is 9.54. The van der Waals surface area contributed by atoms with Crippen LogP contribution in [0.25, 0.3) is 0 Å². The predicted molar refractivity (Wildman–Crippen MR) is 135 cm³/mol. The van der Waals surface area contributed by atoms with E-state index in [4.69, 9.17) is 4.99 Å². The van der Waals surface area contributed by atoms with Crippen LogP contribution in [0.3, 0.4) is 0 Å². The largest absolute Gasteiger partial charge is 0.357 e. The van der Waals surface area contributed by atoms with Gasteiger partial charge in [-0.1, -0.05) is 24.3 Å². The molecule has 2 rings (SSSR count). The molecule has 7 heteroatoms. The molecule has 0 heterocycles. The number of thioether (sulfide) groups is 1. The van der Waals surface area contributed by atoms with Gasteiger partial charge in [0, 0.05) is 30.6 Å². The maximum atomic E-state index is 11.8. The van der Waals surface area contributed by atoms with Crippen LogP contribution >= 0.6 is 35.7 Å². The average molecular weight is 526 g/mol. The van der Waals surface area contributed by atoms with E-state index in [0.29, 0.717) is 12.1 Å². The Balaban J connectivity index is 0.00000420. The van der Waals surface area contributed by atoms with Crippen LogP contribution in [0.5, 0.6) is 0 Å². The number of halogens is 1. The molecule has 0 fully saturated rings. The Kier molecular flexibility index (Phi) is 11.8.